The lowest BCUT2D eigenvalue weighted by atomic mass is 10.2. The number of carbonyl (C=O) groups excluding carboxylic acids is 1. The van der Waals surface area contributed by atoms with Crippen molar-refractivity contribution in [1.82, 2.24) is 10.6 Å². The van der Waals surface area contributed by atoms with Crippen LogP contribution in [-0.2, 0) is 9.53 Å². The van der Waals surface area contributed by atoms with Crippen LogP contribution in [0.5, 0.6) is 0 Å². The highest BCUT2D eigenvalue weighted by Gasteiger charge is 2.16. The summed E-state index contributed by atoms with van der Waals surface area (Å²) in [5.74, 6) is -0.0563. The lowest BCUT2D eigenvalue weighted by molar-refractivity contribution is -0.121. The van der Waals surface area contributed by atoms with E-state index < -0.39 is 0 Å². The maximum atomic E-state index is 11.5. The molecule has 5 nitrogen and oxygen atoms in total. The van der Waals surface area contributed by atoms with Crippen molar-refractivity contribution in [2.75, 3.05) is 33.1 Å². The molecule has 0 saturated heterocycles. The van der Waals surface area contributed by atoms with Crippen LogP contribution in [0.4, 0.5) is 0 Å². The Balaban J connectivity index is 3.83. The summed E-state index contributed by atoms with van der Waals surface area (Å²) in [5, 5.41) is 15.1. The number of nitrogens with one attached hydrogen (secondary N) is 2. The molecule has 1 amide bonds. The molecule has 0 fully saturated rings. The van der Waals surface area contributed by atoms with Gasteiger partial charge in [0.15, 0.2) is 0 Å². The van der Waals surface area contributed by atoms with Crippen molar-refractivity contribution in [2.24, 2.45) is 0 Å². The molecule has 0 radical (unpaired) electrons. The number of aliphatic hydroxyl groups is 1. The molecular weight excluding hydrogens is 240 g/mol. The van der Waals surface area contributed by atoms with Gasteiger partial charge in [0.1, 0.15) is 0 Å². The Hall–Kier alpha value is -0.300. The molecule has 17 heavy (non-hydrogen) atoms. The van der Waals surface area contributed by atoms with Crippen LogP contribution in [0.25, 0.3) is 0 Å². The summed E-state index contributed by atoms with van der Waals surface area (Å²) in [7, 11) is 1.60. The Bertz CT molecular complexity index is 213. The molecule has 0 saturated carbocycles. The van der Waals surface area contributed by atoms with Gasteiger partial charge in [-0.25, -0.2) is 0 Å². The van der Waals surface area contributed by atoms with E-state index in [4.69, 9.17) is 9.84 Å². The third-order valence-electron chi connectivity index (χ3n) is 2.45. The molecule has 0 bridgehead atoms. The number of methoxy groups -OCH3 is 1. The molecule has 0 aliphatic heterocycles. The van der Waals surface area contributed by atoms with Crippen LogP contribution >= 0.6 is 11.8 Å². The molecule has 0 heterocycles. The summed E-state index contributed by atoms with van der Waals surface area (Å²) in [4.78, 5) is 11.5. The van der Waals surface area contributed by atoms with E-state index in [0.717, 1.165) is 0 Å². The lowest BCUT2D eigenvalue weighted by Gasteiger charge is -2.21. The molecule has 0 aliphatic rings. The van der Waals surface area contributed by atoms with Crippen LogP contribution in [0.3, 0.4) is 0 Å². The predicted octanol–water partition coefficient (Wildman–Crippen LogP) is -0.160. The van der Waals surface area contributed by atoms with Crippen LogP contribution in [0.1, 0.15) is 13.8 Å². The predicted molar refractivity (Wildman–Crippen MR) is 71.3 cm³/mol. The van der Waals surface area contributed by atoms with E-state index in [1.54, 1.807) is 18.9 Å². The number of amides is 1. The number of carbonyl (C=O) groups is 1. The van der Waals surface area contributed by atoms with Crippen LogP contribution in [0, 0.1) is 0 Å². The zero-order valence-corrected chi connectivity index (χ0v) is 11.8. The highest BCUT2D eigenvalue weighted by Crippen LogP contribution is 2.09. The zero-order valence-electron chi connectivity index (χ0n) is 11.0. The summed E-state index contributed by atoms with van der Waals surface area (Å²) >= 11 is 1.59. The minimum absolute atomic E-state index is 0.0128. The van der Waals surface area contributed by atoms with Crippen molar-refractivity contribution in [3.8, 4) is 0 Å². The first-order valence-corrected chi connectivity index (χ1v) is 6.99. The molecule has 0 aliphatic carbocycles. The second kappa shape index (κ2) is 9.70. The maximum absolute atomic E-state index is 11.5. The van der Waals surface area contributed by atoms with Gasteiger partial charge < -0.3 is 20.5 Å². The van der Waals surface area contributed by atoms with Crippen molar-refractivity contribution < 1.29 is 14.6 Å². The van der Waals surface area contributed by atoms with Gasteiger partial charge >= 0.3 is 0 Å². The number of ether oxygens (including phenoxy) is 1. The van der Waals surface area contributed by atoms with E-state index in [1.807, 2.05) is 20.1 Å². The standard InChI is InChI=1S/C11H24N2O3S/c1-8(7-16-3)13-11(15)5-12-9(2)10(6-14)17-4/h8-10,12,14H,5-7H2,1-4H3,(H,13,15). The molecule has 3 unspecified atom stereocenters. The normalized spacial score (nSPS) is 16.3. The van der Waals surface area contributed by atoms with E-state index in [1.165, 1.54) is 0 Å². The maximum Gasteiger partial charge on any atom is 0.234 e. The molecule has 3 atom stereocenters. The van der Waals surface area contributed by atoms with Gasteiger partial charge in [-0.15, -0.1) is 0 Å². The first-order valence-electron chi connectivity index (χ1n) is 5.70. The molecule has 3 N–H and O–H groups in total. The van der Waals surface area contributed by atoms with Crippen LogP contribution in [0.15, 0.2) is 0 Å². The van der Waals surface area contributed by atoms with E-state index in [0.29, 0.717) is 6.61 Å². The average Bonchev–Trinajstić information content (AvgIpc) is 2.28. The molecule has 0 aromatic rings. The smallest absolute Gasteiger partial charge is 0.234 e. The minimum atomic E-state index is -0.0563. The molecule has 0 rings (SSSR count). The van der Waals surface area contributed by atoms with Crippen molar-refractivity contribution in [1.29, 1.82) is 0 Å². The Morgan fingerprint density at radius 1 is 1.47 bits per heavy atom. The van der Waals surface area contributed by atoms with Crippen molar-refractivity contribution in [3.63, 3.8) is 0 Å². The number of rotatable bonds is 9. The topological polar surface area (TPSA) is 70.6 Å². The van der Waals surface area contributed by atoms with Gasteiger partial charge in [-0.2, -0.15) is 11.8 Å². The summed E-state index contributed by atoms with van der Waals surface area (Å²) in [6.45, 7) is 4.72. The highest BCUT2D eigenvalue weighted by molar-refractivity contribution is 7.99. The largest absolute Gasteiger partial charge is 0.395 e. The summed E-state index contributed by atoms with van der Waals surface area (Å²) in [5.41, 5.74) is 0. The Kier molecular flexibility index (Phi) is 9.53. The van der Waals surface area contributed by atoms with Gasteiger partial charge in [0.2, 0.25) is 5.91 Å². The van der Waals surface area contributed by atoms with Gasteiger partial charge in [0, 0.05) is 24.4 Å². The Labute approximate surface area is 108 Å². The lowest BCUT2D eigenvalue weighted by Crippen LogP contribution is -2.46. The quantitative estimate of drug-likeness (QED) is 0.540. The number of hydrogen-bond donors (Lipinski definition) is 3. The third kappa shape index (κ3) is 7.59. The van der Waals surface area contributed by atoms with Crippen molar-refractivity contribution in [3.05, 3.63) is 0 Å². The second-order valence-electron chi connectivity index (χ2n) is 4.05. The second-order valence-corrected chi connectivity index (χ2v) is 5.13. The Morgan fingerprint density at radius 3 is 2.59 bits per heavy atom. The molecule has 0 aromatic heterocycles. The molecule has 0 aromatic carbocycles. The fraction of sp³-hybridized carbons (Fsp3) is 0.909. The fourth-order valence-electron chi connectivity index (χ4n) is 1.44. The van der Waals surface area contributed by atoms with E-state index >= 15 is 0 Å². The zero-order chi connectivity index (χ0) is 13.3. The van der Waals surface area contributed by atoms with Crippen LogP contribution in [0.2, 0.25) is 0 Å². The summed E-state index contributed by atoms with van der Waals surface area (Å²) in [6.07, 6.45) is 1.94. The van der Waals surface area contributed by atoms with E-state index in [-0.39, 0.29) is 36.4 Å². The van der Waals surface area contributed by atoms with Crippen molar-refractivity contribution in [2.45, 2.75) is 31.2 Å². The van der Waals surface area contributed by atoms with Crippen LogP contribution < -0.4 is 10.6 Å². The first-order chi connectivity index (χ1) is 8.04. The molecule has 0 spiro atoms. The summed E-state index contributed by atoms with van der Waals surface area (Å²) in [6, 6.07) is 0.109. The molecule has 102 valence electrons. The van der Waals surface area contributed by atoms with Gasteiger partial charge in [0.05, 0.1) is 19.8 Å². The highest BCUT2D eigenvalue weighted by atomic mass is 32.2. The van der Waals surface area contributed by atoms with E-state index in [9.17, 15) is 4.79 Å². The minimum Gasteiger partial charge on any atom is -0.395 e. The van der Waals surface area contributed by atoms with Gasteiger partial charge in [0.25, 0.3) is 0 Å². The fourth-order valence-corrected chi connectivity index (χ4v) is 2.09. The Morgan fingerprint density at radius 2 is 2.12 bits per heavy atom. The number of hydrogen-bond acceptors (Lipinski definition) is 5. The van der Waals surface area contributed by atoms with E-state index in [2.05, 4.69) is 10.6 Å². The SMILES string of the molecule is COCC(C)NC(=O)CNC(C)C(CO)SC. The third-order valence-corrected chi connectivity index (χ3v) is 3.61. The van der Waals surface area contributed by atoms with Crippen LogP contribution in [-0.4, -0.2) is 61.5 Å². The average molecular weight is 264 g/mol. The van der Waals surface area contributed by atoms with Gasteiger partial charge in [-0.05, 0) is 20.1 Å². The number of thioether (sulfide) groups is 1. The van der Waals surface area contributed by atoms with Gasteiger partial charge in [-0.3, -0.25) is 4.79 Å². The van der Waals surface area contributed by atoms with Crippen molar-refractivity contribution >= 4 is 17.7 Å². The summed E-state index contributed by atoms with van der Waals surface area (Å²) < 4.78 is 4.93. The van der Waals surface area contributed by atoms with Gasteiger partial charge in [-0.1, -0.05) is 0 Å². The number of aliphatic hydroxyl groups excluding tert-OH is 1. The monoisotopic (exact) mass is 264 g/mol. The molecule has 6 heteroatoms. The molecular formula is C11H24N2O3S. The first kappa shape index (κ1) is 16.7.